The normalized spacial score (nSPS) is 23.2. The van der Waals surface area contributed by atoms with Gasteiger partial charge in [0.25, 0.3) is 0 Å². The molecule has 1 heteroatoms. The second kappa shape index (κ2) is 5.31. The van der Waals surface area contributed by atoms with E-state index in [1.165, 1.54) is 44.3 Å². The highest BCUT2D eigenvalue weighted by Gasteiger charge is 2.21. The first-order valence-electron chi connectivity index (χ1n) is 5.74. The van der Waals surface area contributed by atoms with Crippen LogP contribution < -0.4 is 0 Å². The molecule has 0 aromatic rings. The van der Waals surface area contributed by atoms with Gasteiger partial charge in [0, 0.05) is 18.3 Å². The predicted octanol–water partition coefficient (Wildman–Crippen LogP) is 3.56. The molecule has 1 atom stereocenters. The summed E-state index contributed by atoms with van der Waals surface area (Å²) in [4.78, 5) is 2.55. The van der Waals surface area contributed by atoms with Gasteiger partial charge in [-0.2, -0.15) is 0 Å². The van der Waals surface area contributed by atoms with Crippen LogP contribution in [0.5, 0.6) is 0 Å². The maximum atomic E-state index is 4.16. The standard InChI is InChI=1S/C12H23N/c1-4-8-12-9-6-7-10-13(12)11(3)5-2/h12H,3-10H2,1-2H3. The molecule has 0 radical (unpaired) electrons. The van der Waals surface area contributed by atoms with Crippen molar-refractivity contribution in [1.82, 2.24) is 4.90 Å². The topological polar surface area (TPSA) is 3.24 Å². The van der Waals surface area contributed by atoms with Gasteiger partial charge in [-0.25, -0.2) is 0 Å². The van der Waals surface area contributed by atoms with Gasteiger partial charge in [0.1, 0.15) is 0 Å². The zero-order chi connectivity index (χ0) is 9.68. The van der Waals surface area contributed by atoms with Crippen molar-refractivity contribution in [1.29, 1.82) is 0 Å². The molecule has 0 aliphatic carbocycles. The van der Waals surface area contributed by atoms with Gasteiger partial charge < -0.3 is 4.90 Å². The maximum Gasteiger partial charge on any atom is 0.0286 e. The lowest BCUT2D eigenvalue weighted by Gasteiger charge is -2.38. The van der Waals surface area contributed by atoms with E-state index in [0.29, 0.717) is 0 Å². The number of piperidine rings is 1. The van der Waals surface area contributed by atoms with Crippen LogP contribution in [-0.4, -0.2) is 17.5 Å². The quantitative estimate of drug-likeness (QED) is 0.641. The number of nitrogens with zero attached hydrogens (tertiary/aromatic N) is 1. The van der Waals surface area contributed by atoms with Crippen LogP contribution in [0.1, 0.15) is 52.4 Å². The average molecular weight is 181 g/mol. The number of allylic oxidation sites excluding steroid dienone is 1. The molecule has 1 saturated heterocycles. The zero-order valence-corrected chi connectivity index (χ0v) is 9.18. The Morgan fingerprint density at radius 2 is 2.15 bits per heavy atom. The smallest absolute Gasteiger partial charge is 0.0286 e. The van der Waals surface area contributed by atoms with Crippen LogP contribution in [0.25, 0.3) is 0 Å². The Hall–Kier alpha value is -0.460. The number of likely N-dealkylation sites (tertiary alicyclic amines) is 1. The summed E-state index contributed by atoms with van der Waals surface area (Å²) in [7, 11) is 0. The molecule has 0 saturated carbocycles. The molecule has 1 aliphatic rings. The summed E-state index contributed by atoms with van der Waals surface area (Å²) in [5.74, 6) is 0. The Morgan fingerprint density at radius 3 is 2.77 bits per heavy atom. The number of hydrogen-bond donors (Lipinski definition) is 0. The first kappa shape index (κ1) is 10.6. The van der Waals surface area contributed by atoms with E-state index in [1.807, 2.05) is 0 Å². The third-order valence-electron chi connectivity index (χ3n) is 3.06. The summed E-state index contributed by atoms with van der Waals surface area (Å²) in [6.45, 7) is 9.89. The van der Waals surface area contributed by atoms with E-state index in [9.17, 15) is 0 Å². The summed E-state index contributed by atoms with van der Waals surface area (Å²) in [6.07, 6.45) is 7.92. The molecule has 0 N–H and O–H groups in total. The lowest BCUT2D eigenvalue weighted by Crippen LogP contribution is -2.38. The van der Waals surface area contributed by atoms with Crippen LogP contribution in [0.4, 0.5) is 0 Å². The summed E-state index contributed by atoms with van der Waals surface area (Å²) in [5, 5.41) is 0. The third kappa shape index (κ3) is 2.75. The van der Waals surface area contributed by atoms with Crippen molar-refractivity contribution in [3.8, 4) is 0 Å². The van der Waals surface area contributed by atoms with Crippen molar-refractivity contribution >= 4 is 0 Å². The summed E-state index contributed by atoms with van der Waals surface area (Å²) < 4.78 is 0. The first-order valence-corrected chi connectivity index (χ1v) is 5.74. The highest BCUT2D eigenvalue weighted by molar-refractivity contribution is 4.97. The molecule has 0 amide bonds. The Kier molecular flexibility index (Phi) is 4.34. The van der Waals surface area contributed by atoms with Crippen LogP contribution in [0, 0.1) is 0 Å². The van der Waals surface area contributed by atoms with Crippen LogP contribution in [-0.2, 0) is 0 Å². The van der Waals surface area contributed by atoms with Gasteiger partial charge >= 0.3 is 0 Å². The average Bonchev–Trinajstić information content (AvgIpc) is 2.18. The fourth-order valence-corrected chi connectivity index (χ4v) is 2.25. The molecule has 1 rings (SSSR count). The molecule has 0 aromatic heterocycles. The van der Waals surface area contributed by atoms with Gasteiger partial charge in [-0.1, -0.05) is 26.8 Å². The van der Waals surface area contributed by atoms with Gasteiger partial charge in [-0.05, 0) is 32.1 Å². The molecular formula is C12H23N. The maximum absolute atomic E-state index is 4.16. The van der Waals surface area contributed by atoms with E-state index in [1.54, 1.807) is 0 Å². The van der Waals surface area contributed by atoms with E-state index < -0.39 is 0 Å². The van der Waals surface area contributed by atoms with Crippen molar-refractivity contribution in [2.75, 3.05) is 6.54 Å². The Bertz CT molecular complexity index is 161. The molecular weight excluding hydrogens is 158 g/mol. The fraction of sp³-hybridized carbons (Fsp3) is 0.833. The van der Waals surface area contributed by atoms with Crippen molar-refractivity contribution < 1.29 is 0 Å². The second-order valence-electron chi connectivity index (χ2n) is 4.05. The summed E-state index contributed by atoms with van der Waals surface area (Å²) in [6, 6.07) is 0.797. The third-order valence-corrected chi connectivity index (χ3v) is 3.06. The largest absolute Gasteiger partial charge is 0.372 e. The Balaban J connectivity index is 2.50. The second-order valence-corrected chi connectivity index (χ2v) is 4.05. The molecule has 0 aromatic carbocycles. The van der Waals surface area contributed by atoms with Crippen LogP contribution >= 0.6 is 0 Å². The number of rotatable bonds is 4. The highest BCUT2D eigenvalue weighted by atomic mass is 15.2. The fourth-order valence-electron chi connectivity index (χ4n) is 2.25. The van der Waals surface area contributed by atoms with Crippen molar-refractivity contribution in [2.24, 2.45) is 0 Å². The SMILES string of the molecule is C=C(CC)N1CCCCC1CCC. The molecule has 1 unspecified atom stereocenters. The van der Waals surface area contributed by atoms with E-state index in [4.69, 9.17) is 0 Å². The molecule has 1 fully saturated rings. The lowest BCUT2D eigenvalue weighted by atomic mass is 9.97. The van der Waals surface area contributed by atoms with Crippen LogP contribution in [0.3, 0.4) is 0 Å². The molecule has 76 valence electrons. The summed E-state index contributed by atoms with van der Waals surface area (Å²) >= 11 is 0. The Morgan fingerprint density at radius 1 is 1.38 bits per heavy atom. The van der Waals surface area contributed by atoms with Gasteiger partial charge in [-0.3, -0.25) is 0 Å². The van der Waals surface area contributed by atoms with E-state index in [-0.39, 0.29) is 0 Å². The monoisotopic (exact) mass is 181 g/mol. The van der Waals surface area contributed by atoms with Crippen molar-refractivity contribution in [2.45, 2.75) is 58.4 Å². The van der Waals surface area contributed by atoms with Crippen molar-refractivity contribution in [3.63, 3.8) is 0 Å². The molecule has 0 spiro atoms. The molecule has 1 nitrogen and oxygen atoms in total. The van der Waals surface area contributed by atoms with Gasteiger partial charge in [0.15, 0.2) is 0 Å². The predicted molar refractivity (Wildman–Crippen MR) is 58.7 cm³/mol. The van der Waals surface area contributed by atoms with Gasteiger partial charge in [0.05, 0.1) is 0 Å². The summed E-state index contributed by atoms with van der Waals surface area (Å²) in [5.41, 5.74) is 1.35. The van der Waals surface area contributed by atoms with Crippen molar-refractivity contribution in [3.05, 3.63) is 12.3 Å². The zero-order valence-electron chi connectivity index (χ0n) is 9.18. The van der Waals surface area contributed by atoms with Gasteiger partial charge in [0.2, 0.25) is 0 Å². The van der Waals surface area contributed by atoms with E-state index in [0.717, 1.165) is 12.5 Å². The van der Waals surface area contributed by atoms with Crippen LogP contribution in [0.2, 0.25) is 0 Å². The molecule has 1 aliphatic heterocycles. The van der Waals surface area contributed by atoms with Gasteiger partial charge in [-0.15, -0.1) is 0 Å². The molecule has 0 bridgehead atoms. The molecule has 1 heterocycles. The minimum Gasteiger partial charge on any atom is -0.372 e. The minimum atomic E-state index is 0.797. The highest BCUT2D eigenvalue weighted by Crippen LogP contribution is 2.24. The number of hydrogen-bond acceptors (Lipinski definition) is 1. The molecule has 13 heavy (non-hydrogen) atoms. The van der Waals surface area contributed by atoms with E-state index in [2.05, 4.69) is 25.3 Å². The lowest BCUT2D eigenvalue weighted by molar-refractivity contribution is 0.180. The Labute approximate surface area is 82.8 Å². The van der Waals surface area contributed by atoms with E-state index >= 15 is 0 Å². The van der Waals surface area contributed by atoms with Crippen LogP contribution in [0.15, 0.2) is 12.3 Å². The first-order chi connectivity index (χ1) is 6.29. The minimum absolute atomic E-state index is 0.797.